The number of rotatable bonds is 4. The summed E-state index contributed by atoms with van der Waals surface area (Å²) in [7, 11) is 0. The topological polar surface area (TPSA) is 85.0 Å². The fraction of sp³-hybridized carbons (Fsp3) is 0.500. The molecule has 158 valence electrons. The molecular formula is C22H30N8. The Morgan fingerprint density at radius 2 is 1.83 bits per heavy atom. The SMILES string of the molecule is Cc1c[nH]c2nc(Nc3ccc(N4CCN(C5CCNCC5)CC4)cn3)nc(C)c12. The van der Waals surface area contributed by atoms with E-state index in [1.54, 1.807) is 0 Å². The third-order valence-electron chi connectivity index (χ3n) is 6.40. The summed E-state index contributed by atoms with van der Waals surface area (Å²) in [6, 6.07) is 4.90. The maximum absolute atomic E-state index is 4.61. The lowest BCUT2D eigenvalue weighted by atomic mass is 10.0. The second-order valence-corrected chi connectivity index (χ2v) is 8.36. The Morgan fingerprint density at radius 1 is 1.03 bits per heavy atom. The van der Waals surface area contributed by atoms with Gasteiger partial charge in [0.05, 0.1) is 17.6 Å². The van der Waals surface area contributed by atoms with Crippen LogP contribution >= 0.6 is 0 Å². The Bertz CT molecular complexity index is 998. The van der Waals surface area contributed by atoms with Gasteiger partial charge in [-0.1, -0.05) is 0 Å². The number of aromatic nitrogens is 4. The highest BCUT2D eigenvalue weighted by atomic mass is 15.3. The van der Waals surface area contributed by atoms with Gasteiger partial charge in [0.15, 0.2) is 0 Å². The van der Waals surface area contributed by atoms with Gasteiger partial charge in [-0.2, -0.15) is 4.98 Å². The Morgan fingerprint density at radius 3 is 2.57 bits per heavy atom. The van der Waals surface area contributed by atoms with Gasteiger partial charge in [0.1, 0.15) is 11.5 Å². The molecule has 0 aromatic carbocycles. The van der Waals surface area contributed by atoms with Crippen LogP contribution in [0.4, 0.5) is 17.5 Å². The number of anilines is 3. The van der Waals surface area contributed by atoms with Gasteiger partial charge in [0, 0.05) is 43.8 Å². The summed E-state index contributed by atoms with van der Waals surface area (Å²) in [6.07, 6.45) is 6.47. The number of piperidine rings is 1. The Labute approximate surface area is 177 Å². The summed E-state index contributed by atoms with van der Waals surface area (Å²) in [5.74, 6) is 1.33. The van der Waals surface area contributed by atoms with Gasteiger partial charge in [-0.05, 0) is 57.5 Å². The van der Waals surface area contributed by atoms with Crippen molar-refractivity contribution in [1.29, 1.82) is 0 Å². The lowest BCUT2D eigenvalue weighted by molar-refractivity contribution is 0.153. The number of pyridine rings is 1. The van der Waals surface area contributed by atoms with Crippen LogP contribution in [0, 0.1) is 13.8 Å². The first-order valence-corrected chi connectivity index (χ1v) is 10.9. The smallest absolute Gasteiger partial charge is 0.230 e. The fourth-order valence-corrected chi connectivity index (χ4v) is 4.73. The number of nitrogens with one attached hydrogen (secondary N) is 3. The van der Waals surface area contributed by atoms with E-state index in [1.165, 1.54) is 18.5 Å². The molecule has 0 bridgehead atoms. The van der Waals surface area contributed by atoms with Crippen LogP contribution in [0.3, 0.4) is 0 Å². The minimum Gasteiger partial charge on any atom is -0.368 e. The Kier molecular flexibility index (Phi) is 5.26. The lowest BCUT2D eigenvalue weighted by Gasteiger charge is -2.41. The second kappa shape index (κ2) is 8.20. The van der Waals surface area contributed by atoms with Gasteiger partial charge in [-0.3, -0.25) is 4.90 Å². The van der Waals surface area contributed by atoms with Gasteiger partial charge >= 0.3 is 0 Å². The average Bonchev–Trinajstić information content (AvgIpc) is 3.16. The van der Waals surface area contributed by atoms with E-state index in [1.807, 2.05) is 25.4 Å². The molecule has 2 fully saturated rings. The van der Waals surface area contributed by atoms with Crippen LogP contribution in [0.5, 0.6) is 0 Å². The molecule has 8 nitrogen and oxygen atoms in total. The van der Waals surface area contributed by atoms with E-state index < -0.39 is 0 Å². The number of piperazine rings is 1. The molecule has 0 aliphatic carbocycles. The first kappa shape index (κ1) is 19.3. The van der Waals surface area contributed by atoms with Crippen LogP contribution in [-0.2, 0) is 0 Å². The molecule has 0 radical (unpaired) electrons. The van der Waals surface area contributed by atoms with Crippen molar-refractivity contribution in [2.75, 3.05) is 49.5 Å². The number of hydrogen-bond acceptors (Lipinski definition) is 7. The van der Waals surface area contributed by atoms with Crippen molar-refractivity contribution < 1.29 is 0 Å². The van der Waals surface area contributed by atoms with Gasteiger partial charge in [-0.25, -0.2) is 9.97 Å². The molecule has 0 saturated carbocycles. The summed E-state index contributed by atoms with van der Waals surface area (Å²) >= 11 is 0. The molecule has 2 aliphatic heterocycles. The summed E-state index contributed by atoms with van der Waals surface area (Å²) in [4.78, 5) is 22.1. The molecule has 3 aromatic heterocycles. The van der Waals surface area contributed by atoms with E-state index in [9.17, 15) is 0 Å². The van der Waals surface area contributed by atoms with Crippen molar-refractivity contribution in [1.82, 2.24) is 30.2 Å². The number of hydrogen-bond donors (Lipinski definition) is 3. The van der Waals surface area contributed by atoms with Gasteiger partial charge in [-0.15, -0.1) is 0 Å². The van der Waals surface area contributed by atoms with Crippen LogP contribution in [0.2, 0.25) is 0 Å². The first-order valence-electron chi connectivity index (χ1n) is 10.9. The summed E-state index contributed by atoms with van der Waals surface area (Å²) in [5, 5.41) is 7.79. The highest BCUT2D eigenvalue weighted by Gasteiger charge is 2.25. The molecule has 8 heteroatoms. The number of aromatic amines is 1. The van der Waals surface area contributed by atoms with E-state index in [2.05, 4.69) is 53.4 Å². The quantitative estimate of drug-likeness (QED) is 0.614. The van der Waals surface area contributed by atoms with Crippen LogP contribution < -0.4 is 15.5 Å². The molecule has 5 heterocycles. The maximum Gasteiger partial charge on any atom is 0.230 e. The molecule has 2 aliphatic rings. The Hall–Kier alpha value is -2.71. The summed E-state index contributed by atoms with van der Waals surface area (Å²) in [5.41, 5.74) is 4.16. The van der Waals surface area contributed by atoms with E-state index in [0.29, 0.717) is 5.95 Å². The van der Waals surface area contributed by atoms with Crippen molar-refractivity contribution in [3.05, 3.63) is 35.8 Å². The predicted molar refractivity (Wildman–Crippen MR) is 121 cm³/mol. The second-order valence-electron chi connectivity index (χ2n) is 8.36. The molecule has 0 amide bonds. The van der Waals surface area contributed by atoms with Crippen molar-refractivity contribution in [2.24, 2.45) is 0 Å². The van der Waals surface area contributed by atoms with E-state index in [-0.39, 0.29) is 0 Å². The lowest BCUT2D eigenvalue weighted by Crippen LogP contribution is -2.52. The molecule has 3 aromatic rings. The highest BCUT2D eigenvalue weighted by Crippen LogP contribution is 2.23. The number of fused-ring (bicyclic) bond motifs is 1. The molecule has 5 rings (SSSR count). The predicted octanol–water partition coefficient (Wildman–Crippen LogP) is 2.59. The van der Waals surface area contributed by atoms with Crippen LogP contribution in [-0.4, -0.2) is 70.1 Å². The molecule has 0 unspecified atom stereocenters. The summed E-state index contributed by atoms with van der Waals surface area (Å²) in [6.45, 7) is 10.8. The van der Waals surface area contributed by atoms with Crippen LogP contribution in [0.1, 0.15) is 24.1 Å². The standard InChI is InChI=1S/C22H30N8/c1-15-13-25-21-20(15)16(2)26-22(28-21)27-19-4-3-18(14-24-19)30-11-9-29(10-12-30)17-5-7-23-8-6-17/h3-4,13-14,17,23H,5-12H2,1-2H3,(H2,24,25,26,27,28). The van der Waals surface area contributed by atoms with E-state index in [0.717, 1.165) is 73.4 Å². The maximum atomic E-state index is 4.61. The fourth-order valence-electron chi connectivity index (χ4n) is 4.73. The molecule has 2 saturated heterocycles. The van der Waals surface area contributed by atoms with Gasteiger partial charge in [0.25, 0.3) is 0 Å². The third-order valence-corrected chi connectivity index (χ3v) is 6.40. The van der Waals surface area contributed by atoms with Crippen molar-refractivity contribution in [2.45, 2.75) is 32.7 Å². The average molecular weight is 407 g/mol. The molecular weight excluding hydrogens is 376 g/mol. The zero-order valence-corrected chi connectivity index (χ0v) is 17.8. The minimum atomic E-state index is 0.567. The zero-order valence-electron chi connectivity index (χ0n) is 17.8. The molecule has 3 N–H and O–H groups in total. The molecule has 30 heavy (non-hydrogen) atoms. The number of H-pyrrole nitrogens is 1. The van der Waals surface area contributed by atoms with Gasteiger partial charge in [0.2, 0.25) is 5.95 Å². The third kappa shape index (κ3) is 3.85. The zero-order chi connectivity index (χ0) is 20.5. The van der Waals surface area contributed by atoms with Crippen LogP contribution in [0.15, 0.2) is 24.5 Å². The first-order chi connectivity index (χ1) is 14.7. The highest BCUT2D eigenvalue weighted by molar-refractivity contribution is 5.83. The van der Waals surface area contributed by atoms with E-state index in [4.69, 9.17) is 0 Å². The van der Waals surface area contributed by atoms with E-state index >= 15 is 0 Å². The van der Waals surface area contributed by atoms with Crippen molar-refractivity contribution in [3.8, 4) is 0 Å². The summed E-state index contributed by atoms with van der Waals surface area (Å²) < 4.78 is 0. The number of nitrogens with zero attached hydrogens (tertiary/aromatic N) is 5. The molecule has 0 atom stereocenters. The molecule has 0 spiro atoms. The van der Waals surface area contributed by atoms with Crippen molar-refractivity contribution >= 4 is 28.5 Å². The largest absolute Gasteiger partial charge is 0.368 e. The number of aryl methyl sites for hydroxylation is 2. The Balaban J connectivity index is 1.22. The van der Waals surface area contributed by atoms with Crippen LogP contribution in [0.25, 0.3) is 11.0 Å². The van der Waals surface area contributed by atoms with Gasteiger partial charge < -0.3 is 20.5 Å². The minimum absolute atomic E-state index is 0.567. The monoisotopic (exact) mass is 406 g/mol. The normalized spacial score (nSPS) is 18.8. The van der Waals surface area contributed by atoms with Crippen molar-refractivity contribution in [3.63, 3.8) is 0 Å².